The van der Waals surface area contributed by atoms with E-state index >= 15 is 4.39 Å². The van der Waals surface area contributed by atoms with E-state index in [0.29, 0.717) is 50.0 Å². The maximum Gasteiger partial charge on any atom is 0.227 e. The summed E-state index contributed by atoms with van der Waals surface area (Å²) in [4.78, 5) is 24.0. The highest BCUT2D eigenvalue weighted by Gasteiger charge is 2.24. The summed E-state index contributed by atoms with van der Waals surface area (Å²) in [5, 5.41) is 4.13. The van der Waals surface area contributed by atoms with E-state index in [0.717, 1.165) is 58.9 Å². The molecule has 0 unspecified atom stereocenters. The number of rotatable bonds is 10. The highest BCUT2D eigenvalue weighted by Crippen LogP contribution is 2.41. The Morgan fingerprint density at radius 3 is 2.43 bits per heavy atom. The van der Waals surface area contributed by atoms with Crippen LogP contribution in [-0.2, 0) is 9.84 Å². The van der Waals surface area contributed by atoms with Crippen LogP contribution in [0.15, 0.2) is 54.7 Å². The minimum atomic E-state index is -3.01. The van der Waals surface area contributed by atoms with Crippen molar-refractivity contribution in [1.29, 1.82) is 0 Å². The number of methoxy groups -OCH3 is 1. The molecule has 6 rings (SSSR count). The van der Waals surface area contributed by atoms with Crippen molar-refractivity contribution in [2.75, 3.05) is 100 Å². The molecule has 1 N–H and O–H groups in total. The Hall–Kier alpha value is -3.85. The van der Waals surface area contributed by atoms with Gasteiger partial charge in [0, 0.05) is 82.6 Å². The second kappa shape index (κ2) is 13.9. The molecule has 244 valence electrons. The van der Waals surface area contributed by atoms with E-state index in [9.17, 15) is 8.42 Å². The Balaban J connectivity index is 1.20. The third-order valence-corrected chi connectivity index (χ3v) is 10.4. The van der Waals surface area contributed by atoms with Crippen LogP contribution in [0.25, 0.3) is 21.8 Å². The first-order chi connectivity index (χ1) is 22.1. The second-order valence-corrected chi connectivity index (χ2v) is 14.9. The molecule has 0 aliphatic carbocycles. The summed E-state index contributed by atoms with van der Waals surface area (Å²) >= 11 is 1.61. The summed E-state index contributed by atoms with van der Waals surface area (Å²) in [6.07, 6.45) is 2.95. The van der Waals surface area contributed by atoms with E-state index in [1.807, 2.05) is 41.3 Å². The van der Waals surface area contributed by atoms with Crippen molar-refractivity contribution in [2.24, 2.45) is 0 Å². The highest BCUT2D eigenvalue weighted by atomic mass is 32.2. The lowest BCUT2D eigenvalue weighted by Gasteiger charge is -2.36. The Bertz CT molecular complexity index is 1770. The Morgan fingerprint density at radius 2 is 1.72 bits per heavy atom. The molecule has 2 aliphatic rings. The van der Waals surface area contributed by atoms with Crippen LogP contribution in [0.4, 0.5) is 26.8 Å². The molecule has 2 saturated heterocycles. The van der Waals surface area contributed by atoms with Crippen LogP contribution in [0.3, 0.4) is 0 Å². The molecule has 0 radical (unpaired) electrons. The van der Waals surface area contributed by atoms with Gasteiger partial charge in [-0.15, -0.1) is 0 Å². The van der Waals surface area contributed by atoms with Crippen molar-refractivity contribution in [3.8, 4) is 27.6 Å². The van der Waals surface area contributed by atoms with Crippen molar-refractivity contribution in [3.05, 3.63) is 60.5 Å². The molecule has 46 heavy (non-hydrogen) atoms. The van der Waals surface area contributed by atoms with Gasteiger partial charge in [-0.2, -0.15) is 0 Å². The molecule has 0 saturated carbocycles. The van der Waals surface area contributed by atoms with Gasteiger partial charge in [0.15, 0.2) is 5.13 Å². The summed E-state index contributed by atoms with van der Waals surface area (Å²) < 4.78 is 43.9. The van der Waals surface area contributed by atoms with Gasteiger partial charge < -0.3 is 24.8 Å². The zero-order valence-corrected chi connectivity index (χ0v) is 27.9. The number of nitrogens with zero attached hydrogens (tertiary/aromatic N) is 7. The smallest absolute Gasteiger partial charge is 0.227 e. The van der Waals surface area contributed by atoms with Gasteiger partial charge in [-0.25, -0.2) is 27.8 Å². The number of hydrogen-bond donors (Lipinski definition) is 1. The minimum Gasteiger partial charge on any atom is -0.497 e. The number of thiazole rings is 1. The van der Waals surface area contributed by atoms with E-state index in [2.05, 4.69) is 32.0 Å². The van der Waals surface area contributed by atoms with E-state index in [4.69, 9.17) is 14.7 Å². The molecule has 14 heteroatoms. The Kier molecular flexibility index (Phi) is 9.68. The fraction of sp³-hybridized carbons (Fsp3) is 0.406. The Morgan fingerprint density at radius 1 is 0.957 bits per heavy atom. The average Bonchev–Trinajstić information content (AvgIpc) is 3.50. The fourth-order valence-corrected chi connectivity index (χ4v) is 7.30. The number of sulfone groups is 1. The van der Waals surface area contributed by atoms with Gasteiger partial charge >= 0.3 is 0 Å². The number of anilines is 4. The molecule has 0 amide bonds. The fourth-order valence-electron chi connectivity index (χ4n) is 5.60. The zero-order valence-electron chi connectivity index (χ0n) is 26.3. The van der Waals surface area contributed by atoms with Gasteiger partial charge in [0.2, 0.25) is 5.95 Å². The van der Waals surface area contributed by atoms with Crippen LogP contribution in [0.2, 0.25) is 0 Å². The molecule has 4 aromatic rings. The Labute approximate surface area is 273 Å². The largest absolute Gasteiger partial charge is 0.497 e. The third-order valence-electron chi connectivity index (χ3n) is 8.32. The van der Waals surface area contributed by atoms with Crippen molar-refractivity contribution in [1.82, 2.24) is 24.8 Å². The van der Waals surface area contributed by atoms with Crippen LogP contribution >= 0.6 is 11.3 Å². The molecule has 2 aliphatic heterocycles. The van der Waals surface area contributed by atoms with Crippen molar-refractivity contribution >= 4 is 43.6 Å². The number of hydrogen-bond acceptors (Lipinski definition) is 12. The number of piperazine rings is 2. The van der Waals surface area contributed by atoms with Gasteiger partial charge in [0.05, 0.1) is 34.8 Å². The van der Waals surface area contributed by atoms with Crippen LogP contribution in [0.5, 0.6) is 5.75 Å². The first-order valence-electron chi connectivity index (χ1n) is 15.3. The summed E-state index contributed by atoms with van der Waals surface area (Å²) in [5.41, 5.74) is 3.55. The zero-order chi connectivity index (χ0) is 32.3. The van der Waals surface area contributed by atoms with Gasteiger partial charge in [-0.1, -0.05) is 23.5 Å². The monoisotopic (exact) mass is 666 g/mol. The molecule has 2 aromatic heterocycles. The summed E-state index contributed by atoms with van der Waals surface area (Å²) in [6.45, 7) is 6.86. The summed E-state index contributed by atoms with van der Waals surface area (Å²) in [7, 11) is 0.774. The van der Waals surface area contributed by atoms with Gasteiger partial charge in [-0.3, -0.25) is 4.90 Å². The maximum absolute atomic E-state index is 15.3. The van der Waals surface area contributed by atoms with Gasteiger partial charge in [0.1, 0.15) is 21.4 Å². The van der Waals surface area contributed by atoms with Gasteiger partial charge in [-0.05, 0) is 43.4 Å². The number of nitrogens with one attached hydrogen (secondary N) is 1. The predicted molar refractivity (Wildman–Crippen MR) is 183 cm³/mol. The van der Waals surface area contributed by atoms with Crippen LogP contribution in [0, 0.1) is 5.82 Å². The first-order valence-corrected chi connectivity index (χ1v) is 18.2. The lowest BCUT2D eigenvalue weighted by atomic mass is 10.1. The number of halogens is 1. The van der Waals surface area contributed by atoms with Crippen LogP contribution in [-0.4, -0.2) is 118 Å². The first kappa shape index (κ1) is 32.1. The molecule has 0 spiro atoms. The van der Waals surface area contributed by atoms with E-state index in [-0.39, 0.29) is 11.6 Å². The third kappa shape index (κ3) is 7.74. The van der Waals surface area contributed by atoms with E-state index in [1.165, 1.54) is 12.3 Å². The molecule has 0 bridgehead atoms. The normalized spacial score (nSPS) is 16.5. The maximum atomic E-state index is 15.3. The predicted octanol–water partition coefficient (Wildman–Crippen LogP) is 4.08. The number of ether oxygens (including phenoxy) is 1. The van der Waals surface area contributed by atoms with E-state index in [1.54, 1.807) is 30.7 Å². The molecular formula is C32H39FN8O3S2. The molecule has 4 heterocycles. The second-order valence-electron chi connectivity index (χ2n) is 11.7. The lowest BCUT2D eigenvalue weighted by Crippen LogP contribution is -2.47. The molecule has 2 fully saturated rings. The minimum absolute atomic E-state index is 0.133. The highest BCUT2D eigenvalue weighted by molar-refractivity contribution is 7.90. The number of benzene rings is 2. The lowest BCUT2D eigenvalue weighted by molar-refractivity contribution is 0.271. The van der Waals surface area contributed by atoms with Crippen molar-refractivity contribution in [2.45, 2.75) is 0 Å². The summed E-state index contributed by atoms with van der Waals surface area (Å²) in [5.74, 6) is 0.899. The standard InChI is InChI=1S/C32H39FN8O3S2/c1-38-11-15-41(16-12-38)32-37-29(23-5-4-6-25(21-23)44-2)30(45-32)27-9-10-34-31(36-27)35-24-7-8-28(26(33)22-24)40-17-13-39(14-18-40)19-20-46(3,42)43/h4-10,21-22H,11-20H2,1-3H3,(H,34,35,36). The molecule has 0 atom stereocenters. The molecule has 2 aromatic carbocycles. The van der Waals surface area contributed by atoms with E-state index < -0.39 is 9.84 Å². The van der Waals surface area contributed by atoms with Crippen molar-refractivity contribution < 1.29 is 17.5 Å². The van der Waals surface area contributed by atoms with Crippen LogP contribution < -0.4 is 19.9 Å². The summed E-state index contributed by atoms with van der Waals surface area (Å²) in [6, 6.07) is 14.8. The topological polar surface area (TPSA) is 107 Å². The van der Waals surface area contributed by atoms with Crippen LogP contribution in [0.1, 0.15) is 0 Å². The molecule has 11 nitrogen and oxygen atoms in total. The average molecular weight is 667 g/mol. The number of aromatic nitrogens is 3. The van der Waals surface area contributed by atoms with Gasteiger partial charge in [0.25, 0.3) is 0 Å². The van der Waals surface area contributed by atoms with Crippen molar-refractivity contribution in [3.63, 3.8) is 0 Å². The SMILES string of the molecule is COc1cccc(-c2nc(N3CCN(C)CC3)sc2-c2ccnc(Nc3ccc(N4CCN(CCS(C)(=O)=O)CC4)c(F)c3)n2)c1. The molecular weight excluding hydrogens is 628 g/mol. The number of likely N-dealkylation sites (N-methyl/N-ethyl adjacent to an activating group) is 1. The quantitative estimate of drug-likeness (QED) is 0.265.